The van der Waals surface area contributed by atoms with Gasteiger partial charge >= 0.3 is 0 Å². The number of carbonyl (C=O) groups excluding carboxylic acids is 2. The molecule has 2 aliphatic rings. The maximum absolute atomic E-state index is 12.5. The second kappa shape index (κ2) is 6.68. The van der Waals surface area contributed by atoms with Crippen molar-refractivity contribution in [2.45, 2.75) is 32.1 Å². The predicted molar refractivity (Wildman–Crippen MR) is 91.7 cm³/mol. The zero-order chi connectivity index (χ0) is 17.2. The molecule has 130 valence electrons. The van der Waals surface area contributed by atoms with Gasteiger partial charge in [0.1, 0.15) is 0 Å². The van der Waals surface area contributed by atoms with Gasteiger partial charge in [0, 0.05) is 32.6 Å². The standard InChI is InChI=1S/C18H21N5O2/c24-17-8-14(12-22(17)11-13-4-2-1-3-5-13)20-18(25)16-9-15-10-19-6-7-23(15)21-16/h1-5,9,14,19H,6-8,10-12H2,(H,20,25)/t14-/m1/s1. The van der Waals surface area contributed by atoms with Crippen molar-refractivity contribution in [2.75, 3.05) is 13.1 Å². The Hall–Kier alpha value is -2.67. The van der Waals surface area contributed by atoms with Gasteiger partial charge in [0.05, 0.1) is 18.3 Å². The normalized spacial score (nSPS) is 19.8. The van der Waals surface area contributed by atoms with Crippen LogP contribution in [0.1, 0.15) is 28.2 Å². The molecular formula is C18H21N5O2. The van der Waals surface area contributed by atoms with Gasteiger partial charge in [-0.15, -0.1) is 0 Å². The third-order valence-corrected chi connectivity index (χ3v) is 4.67. The van der Waals surface area contributed by atoms with E-state index in [-0.39, 0.29) is 17.9 Å². The van der Waals surface area contributed by atoms with E-state index in [9.17, 15) is 9.59 Å². The molecule has 2 aromatic rings. The number of amides is 2. The number of fused-ring (bicyclic) bond motifs is 1. The van der Waals surface area contributed by atoms with Crippen molar-refractivity contribution in [3.8, 4) is 0 Å². The topological polar surface area (TPSA) is 79.3 Å². The summed E-state index contributed by atoms with van der Waals surface area (Å²) in [5.74, 6) is -0.135. The van der Waals surface area contributed by atoms with Gasteiger partial charge in [0.2, 0.25) is 5.91 Å². The molecule has 1 aromatic heterocycles. The van der Waals surface area contributed by atoms with E-state index in [1.807, 2.05) is 41.1 Å². The van der Waals surface area contributed by atoms with Crippen molar-refractivity contribution >= 4 is 11.8 Å². The Kier molecular flexibility index (Phi) is 4.23. The van der Waals surface area contributed by atoms with Crippen LogP contribution in [-0.2, 0) is 24.4 Å². The molecule has 4 rings (SSSR count). The summed E-state index contributed by atoms with van der Waals surface area (Å²) in [6.45, 7) is 3.48. The number of hydrogen-bond acceptors (Lipinski definition) is 4. The van der Waals surface area contributed by atoms with Crippen molar-refractivity contribution < 1.29 is 9.59 Å². The highest BCUT2D eigenvalue weighted by atomic mass is 16.2. The Morgan fingerprint density at radius 1 is 1.32 bits per heavy atom. The van der Waals surface area contributed by atoms with E-state index in [2.05, 4.69) is 15.7 Å². The molecule has 0 radical (unpaired) electrons. The summed E-state index contributed by atoms with van der Waals surface area (Å²) >= 11 is 0. The van der Waals surface area contributed by atoms with E-state index < -0.39 is 0 Å². The minimum Gasteiger partial charge on any atom is -0.346 e. The lowest BCUT2D eigenvalue weighted by Crippen LogP contribution is -2.37. The molecule has 0 saturated carbocycles. The fourth-order valence-electron chi connectivity index (χ4n) is 3.39. The molecule has 1 saturated heterocycles. The Morgan fingerprint density at radius 3 is 2.96 bits per heavy atom. The van der Waals surface area contributed by atoms with Gasteiger partial charge < -0.3 is 15.5 Å². The van der Waals surface area contributed by atoms with E-state index in [1.54, 1.807) is 4.90 Å². The monoisotopic (exact) mass is 339 g/mol. The van der Waals surface area contributed by atoms with Crippen LogP contribution in [0.15, 0.2) is 36.4 Å². The maximum Gasteiger partial charge on any atom is 0.272 e. The van der Waals surface area contributed by atoms with Gasteiger partial charge in [-0.3, -0.25) is 14.3 Å². The van der Waals surface area contributed by atoms with Gasteiger partial charge in [0.15, 0.2) is 5.69 Å². The number of likely N-dealkylation sites (tertiary alicyclic amines) is 1. The van der Waals surface area contributed by atoms with E-state index in [0.717, 1.165) is 30.9 Å². The lowest BCUT2D eigenvalue weighted by Gasteiger charge is -2.17. The highest BCUT2D eigenvalue weighted by Crippen LogP contribution is 2.16. The van der Waals surface area contributed by atoms with Gasteiger partial charge in [-0.1, -0.05) is 30.3 Å². The van der Waals surface area contributed by atoms with Crippen molar-refractivity contribution in [3.05, 3.63) is 53.3 Å². The molecule has 2 N–H and O–H groups in total. The summed E-state index contributed by atoms with van der Waals surface area (Å²) in [5.41, 5.74) is 2.54. The van der Waals surface area contributed by atoms with Gasteiger partial charge in [-0.2, -0.15) is 5.10 Å². The fourth-order valence-corrected chi connectivity index (χ4v) is 3.39. The zero-order valence-electron chi connectivity index (χ0n) is 13.9. The van der Waals surface area contributed by atoms with E-state index in [0.29, 0.717) is 25.2 Å². The van der Waals surface area contributed by atoms with E-state index >= 15 is 0 Å². The molecular weight excluding hydrogens is 318 g/mol. The Bertz CT molecular complexity index is 763. The first-order valence-corrected chi connectivity index (χ1v) is 8.59. The number of aromatic nitrogens is 2. The summed E-state index contributed by atoms with van der Waals surface area (Å²) in [4.78, 5) is 26.5. The van der Waals surface area contributed by atoms with Crippen molar-refractivity contribution in [2.24, 2.45) is 0 Å². The molecule has 25 heavy (non-hydrogen) atoms. The Balaban J connectivity index is 1.37. The number of hydrogen-bond donors (Lipinski definition) is 2. The average molecular weight is 339 g/mol. The Labute approximate surface area is 146 Å². The Morgan fingerprint density at radius 2 is 2.16 bits per heavy atom. The number of benzene rings is 1. The van der Waals surface area contributed by atoms with Gasteiger partial charge in [-0.25, -0.2) is 0 Å². The van der Waals surface area contributed by atoms with Gasteiger partial charge in [0.25, 0.3) is 5.91 Å². The largest absolute Gasteiger partial charge is 0.346 e. The van der Waals surface area contributed by atoms with Crippen LogP contribution in [0.25, 0.3) is 0 Å². The first kappa shape index (κ1) is 15.8. The summed E-state index contributed by atoms with van der Waals surface area (Å²) in [5, 5.41) is 10.6. The fraction of sp³-hybridized carbons (Fsp3) is 0.389. The maximum atomic E-state index is 12.5. The van der Waals surface area contributed by atoms with Crippen LogP contribution in [0.5, 0.6) is 0 Å². The molecule has 7 heteroatoms. The molecule has 2 aliphatic heterocycles. The SMILES string of the molecule is O=C(N[C@@H]1CC(=O)N(Cc2ccccc2)C1)c1cc2n(n1)CCNC2. The summed E-state index contributed by atoms with van der Waals surface area (Å²) < 4.78 is 1.87. The lowest BCUT2D eigenvalue weighted by atomic mass is 10.2. The summed E-state index contributed by atoms with van der Waals surface area (Å²) in [7, 11) is 0. The zero-order valence-corrected chi connectivity index (χ0v) is 13.9. The van der Waals surface area contributed by atoms with Crippen molar-refractivity contribution in [1.82, 2.24) is 25.3 Å². The average Bonchev–Trinajstić information content (AvgIpc) is 3.19. The molecule has 1 atom stereocenters. The second-order valence-corrected chi connectivity index (χ2v) is 6.56. The highest BCUT2D eigenvalue weighted by molar-refractivity contribution is 5.93. The van der Waals surface area contributed by atoms with Crippen molar-refractivity contribution in [1.29, 1.82) is 0 Å². The summed E-state index contributed by atoms with van der Waals surface area (Å²) in [6.07, 6.45) is 0.341. The number of nitrogens with zero attached hydrogens (tertiary/aromatic N) is 3. The van der Waals surface area contributed by atoms with Crippen molar-refractivity contribution in [3.63, 3.8) is 0 Å². The molecule has 1 aromatic carbocycles. The third-order valence-electron chi connectivity index (χ3n) is 4.67. The van der Waals surface area contributed by atoms with Gasteiger partial charge in [-0.05, 0) is 11.6 Å². The van der Waals surface area contributed by atoms with Crippen LogP contribution in [0.4, 0.5) is 0 Å². The number of carbonyl (C=O) groups is 2. The van der Waals surface area contributed by atoms with Crippen LogP contribution < -0.4 is 10.6 Å². The van der Waals surface area contributed by atoms with E-state index in [4.69, 9.17) is 0 Å². The highest BCUT2D eigenvalue weighted by Gasteiger charge is 2.31. The molecule has 0 spiro atoms. The number of nitrogens with one attached hydrogen (secondary N) is 2. The quantitative estimate of drug-likeness (QED) is 0.851. The molecule has 0 aliphatic carbocycles. The molecule has 1 fully saturated rings. The summed E-state index contributed by atoms with van der Waals surface area (Å²) in [6, 6.07) is 11.5. The number of rotatable bonds is 4. The predicted octanol–water partition coefficient (Wildman–Crippen LogP) is 0.517. The molecule has 0 bridgehead atoms. The van der Waals surface area contributed by atoms with E-state index in [1.165, 1.54) is 0 Å². The van der Waals surface area contributed by atoms with Crippen LogP contribution in [-0.4, -0.2) is 45.6 Å². The molecule has 7 nitrogen and oxygen atoms in total. The van der Waals surface area contributed by atoms with Crippen LogP contribution in [0.3, 0.4) is 0 Å². The molecule has 0 unspecified atom stereocenters. The minimum atomic E-state index is -0.207. The first-order chi connectivity index (χ1) is 12.2. The minimum absolute atomic E-state index is 0.0717. The van der Waals surface area contributed by atoms with Crippen LogP contribution in [0, 0.1) is 0 Å². The van der Waals surface area contributed by atoms with Crippen LogP contribution >= 0.6 is 0 Å². The second-order valence-electron chi connectivity index (χ2n) is 6.56. The third kappa shape index (κ3) is 3.41. The van der Waals surface area contributed by atoms with Crippen LogP contribution in [0.2, 0.25) is 0 Å². The smallest absolute Gasteiger partial charge is 0.272 e. The molecule has 2 amide bonds. The molecule has 3 heterocycles. The first-order valence-electron chi connectivity index (χ1n) is 8.59. The lowest BCUT2D eigenvalue weighted by molar-refractivity contribution is -0.128.